The molecule has 0 aliphatic heterocycles. The van der Waals surface area contributed by atoms with Gasteiger partial charge in [-0.05, 0) is 29.5 Å². The van der Waals surface area contributed by atoms with Crippen LogP contribution in [-0.4, -0.2) is 51.5 Å². The van der Waals surface area contributed by atoms with Crippen LogP contribution < -0.4 is 5.32 Å². The molecule has 0 radical (unpaired) electrons. The first kappa shape index (κ1) is 25.1. The number of aromatic nitrogens is 3. The van der Waals surface area contributed by atoms with Crippen LogP contribution in [0.15, 0.2) is 67.1 Å². The minimum atomic E-state index is -0.686. The fraction of sp³-hybridized carbons (Fsp3) is 0.231. The second-order valence-electron chi connectivity index (χ2n) is 8.25. The molecule has 0 aliphatic carbocycles. The van der Waals surface area contributed by atoms with Gasteiger partial charge in [-0.2, -0.15) is 0 Å². The number of pyridine rings is 1. The van der Waals surface area contributed by atoms with Crippen molar-refractivity contribution in [2.24, 2.45) is 0 Å². The van der Waals surface area contributed by atoms with E-state index in [4.69, 9.17) is 16.3 Å². The van der Waals surface area contributed by atoms with Gasteiger partial charge in [0.15, 0.2) is 0 Å². The predicted octanol–water partition coefficient (Wildman–Crippen LogP) is 5.00. The van der Waals surface area contributed by atoms with Crippen molar-refractivity contribution in [1.29, 1.82) is 0 Å². The lowest BCUT2D eigenvalue weighted by atomic mass is 10.1. The van der Waals surface area contributed by atoms with Crippen LogP contribution in [0.5, 0.6) is 0 Å². The molecule has 10 heteroatoms. The number of anilines is 1. The van der Waals surface area contributed by atoms with Gasteiger partial charge in [0.05, 0.1) is 11.1 Å². The van der Waals surface area contributed by atoms with Gasteiger partial charge >= 0.3 is 6.09 Å². The number of carbonyl (C=O) groups excluding carboxylic acids is 2. The average molecular weight is 510 g/mol. The lowest BCUT2D eigenvalue weighted by Crippen LogP contribution is -2.42. The number of rotatable bonds is 9. The highest BCUT2D eigenvalue weighted by Crippen LogP contribution is 2.21. The van der Waals surface area contributed by atoms with Gasteiger partial charge in [0.1, 0.15) is 24.1 Å². The van der Waals surface area contributed by atoms with Crippen molar-refractivity contribution in [3.8, 4) is 0 Å². The first-order chi connectivity index (χ1) is 17.4. The number of hydrogen-bond donors (Lipinski definition) is 2. The Morgan fingerprint density at radius 2 is 1.97 bits per heavy atom. The van der Waals surface area contributed by atoms with Crippen LogP contribution in [0.3, 0.4) is 0 Å². The lowest BCUT2D eigenvalue weighted by Gasteiger charge is -2.27. The number of imidazole rings is 1. The zero-order valence-electron chi connectivity index (χ0n) is 19.6. The smallest absolute Gasteiger partial charge is 0.412 e. The molecule has 0 aliphatic rings. The molecule has 0 fully saturated rings. The van der Waals surface area contributed by atoms with E-state index in [9.17, 15) is 14.0 Å². The summed E-state index contributed by atoms with van der Waals surface area (Å²) in [5.74, 6) is 0.281. The van der Waals surface area contributed by atoms with Crippen LogP contribution in [0.4, 0.5) is 15.0 Å². The van der Waals surface area contributed by atoms with Gasteiger partial charge in [-0.15, -0.1) is 0 Å². The molecule has 4 aromatic rings. The van der Waals surface area contributed by atoms with E-state index >= 15 is 0 Å². The molecular weight excluding hydrogens is 485 g/mol. The van der Waals surface area contributed by atoms with Gasteiger partial charge in [0, 0.05) is 43.9 Å². The number of nitrogens with zero attached hydrogens (tertiary/aromatic N) is 3. The molecular formula is C26H25ClFN5O3. The van der Waals surface area contributed by atoms with Crippen molar-refractivity contribution in [2.45, 2.75) is 25.3 Å². The van der Waals surface area contributed by atoms with E-state index in [1.807, 2.05) is 24.3 Å². The molecule has 2 N–H and O–H groups in total. The highest BCUT2D eigenvalue weighted by Gasteiger charge is 2.23. The van der Waals surface area contributed by atoms with Crippen LogP contribution >= 0.6 is 11.6 Å². The van der Waals surface area contributed by atoms with Gasteiger partial charge in [0.2, 0.25) is 5.91 Å². The summed E-state index contributed by atoms with van der Waals surface area (Å²) in [4.78, 5) is 38.4. The zero-order chi connectivity index (χ0) is 25.5. The molecule has 186 valence electrons. The van der Waals surface area contributed by atoms with Crippen molar-refractivity contribution in [1.82, 2.24) is 19.9 Å². The number of fused-ring (bicyclic) bond motifs is 1. The third-order valence-electron chi connectivity index (χ3n) is 5.83. The maximum absolute atomic E-state index is 13.7. The Kier molecular flexibility index (Phi) is 8.12. The molecule has 0 saturated carbocycles. The summed E-state index contributed by atoms with van der Waals surface area (Å²) in [5.41, 5.74) is 0.555. The number of amides is 2. The SMILES string of the molecule is CN(C(=O)CCc1cccc(F)c1Cl)C(COC(=O)Nc1cc2ccccc2cn1)Cc1ncc[nH]1. The number of ether oxygens (including phenoxy) is 1. The number of carbonyl (C=O) groups is 2. The fourth-order valence-electron chi connectivity index (χ4n) is 3.77. The van der Waals surface area contributed by atoms with Crippen molar-refractivity contribution >= 4 is 40.2 Å². The van der Waals surface area contributed by atoms with Crippen LogP contribution in [0.1, 0.15) is 17.8 Å². The summed E-state index contributed by atoms with van der Waals surface area (Å²) in [6.07, 6.45) is 5.01. The second kappa shape index (κ2) is 11.6. The molecule has 1 atom stereocenters. The Bertz CT molecular complexity index is 1350. The van der Waals surface area contributed by atoms with E-state index < -0.39 is 18.0 Å². The van der Waals surface area contributed by atoms with Crippen molar-refractivity contribution < 1.29 is 18.7 Å². The third-order valence-corrected chi connectivity index (χ3v) is 6.26. The molecule has 8 nitrogen and oxygen atoms in total. The standard InChI is InChI=1S/C26H25ClFN5O3/c1-33(24(34)10-9-17-7-4-8-21(28)25(17)27)20(14-22-29-11-12-30-22)16-36-26(35)32-23-13-18-5-2-3-6-19(18)15-31-23/h2-8,11-13,15,20H,9-10,14,16H2,1H3,(H,29,30)(H,31,32,35). The number of H-pyrrole nitrogens is 1. The number of aromatic amines is 1. The number of likely N-dealkylation sites (N-methyl/N-ethyl adjacent to an activating group) is 1. The minimum absolute atomic E-state index is 0.0161. The number of nitrogens with one attached hydrogen (secondary N) is 2. The molecule has 2 aromatic heterocycles. The summed E-state index contributed by atoms with van der Waals surface area (Å²) in [5, 5.41) is 4.53. The van der Waals surface area contributed by atoms with E-state index in [-0.39, 0.29) is 30.4 Å². The Morgan fingerprint density at radius 1 is 1.17 bits per heavy atom. The Balaban J connectivity index is 1.38. The van der Waals surface area contributed by atoms with E-state index in [1.54, 1.807) is 43.8 Å². The summed E-state index contributed by atoms with van der Waals surface area (Å²) < 4.78 is 19.2. The molecule has 2 aromatic carbocycles. The lowest BCUT2D eigenvalue weighted by molar-refractivity contribution is -0.132. The van der Waals surface area contributed by atoms with E-state index in [0.717, 1.165) is 10.8 Å². The second-order valence-corrected chi connectivity index (χ2v) is 8.63. The molecule has 1 unspecified atom stereocenters. The molecule has 0 bridgehead atoms. The van der Waals surface area contributed by atoms with Gasteiger partial charge in [0.25, 0.3) is 0 Å². The van der Waals surface area contributed by atoms with Crippen molar-refractivity contribution in [2.75, 3.05) is 19.0 Å². The van der Waals surface area contributed by atoms with E-state index in [2.05, 4.69) is 20.3 Å². The van der Waals surface area contributed by atoms with Crippen LogP contribution in [0.2, 0.25) is 5.02 Å². The van der Waals surface area contributed by atoms with Crippen molar-refractivity contribution in [3.63, 3.8) is 0 Å². The minimum Gasteiger partial charge on any atom is -0.447 e. The maximum atomic E-state index is 13.7. The number of benzene rings is 2. The average Bonchev–Trinajstić information content (AvgIpc) is 3.40. The number of halogens is 2. The maximum Gasteiger partial charge on any atom is 0.412 e. The van der Waals surface area contributed by atoms with Crippen LogP contribution in [0, 0.1) is 5.82 Å². The molecule has 0 spiro atoms. The fourth-order valence-corrected chi connectivity index (χ4v) is 3.99. The first-order valence-corrected chi connectivity index (χ1v) is 11.7. The van der Waals surface area contributed by atoms with Gasteiger partial charge in [-0.3, -0.25) is 10.1 Å². The van der Waals surface area contributed by atoms with Crippen LogP contribution in [0.25, 0.3) is 10.8 Å². The Morgan fingerprint density at radius 3 is 2.75 bits per heavy atom. The number of aryl methyl sites for hydroxylation is 1. The number of hydrogen-bond acceptors (Lipinski definition) is 5. The Labute approximate surface area is 212 Å². The van der Waals surface area contributed by atoms with E-state index in [1.165, 1.54) is 11.0 Å². The normalized spacial score (nSPS) is 11.8. The van der Waals surface area contributed by atoms with Crippen molar-refractivity contribution in [3.05, 3.63) is 89.3 Å². The molecule has 36 heavy (non-hydrogen) atoms. The van der Waals surface area contributed by atoms with Crippen LogP contribution in [-0.2, 0) is 22.4 Å². The summed E-state index contributed by atoms with van der Waals surface area (Å²) in [6, 6.07) is 13.5. The topological polar surface area (TPSA) is 100 Å². The predicted molar refractivity (Wildman–Crippen MR) is 135 cm³/mol. The molecule has 0 saturated heterocycles. The van der Waals surface area contributed by atoms with Gasteiger partial charge < -0.3 is 14.6 Å². The summed E-state index contributed by atoms with van der Waals surface area (Å²) >= 11 is 6.02. The van der Waals surface area contributed by atoms with Gasteiger partial charge in [-0.1, -0.05) is 48.0 Å². The highest BCUT2D eigenvalue weighted by atomic mass is 35.5. The van der Waals surface area contributed by atoms with E-state index in [0.29, 0.717) is 23.6 Å². The van der Waals surface area contributed by atoms with Gasteiger partial charge in [-0.25, -0.2) is 19.2 Å². The largest absolute Gasteiger partial charge is 0.447 e. The zero-order valence-corrected chi connectivity index (χ0v) is 20.3. The Hall–Kier alpha value is -3.98. The molecule has 4 rings (SSSR count). The summed E-state index contributed by atoms with van der Waals surface area (Å²) in [6.45, 7) is -0.0664. The summed E-state index contributed by atoms with van der Waals surface area (Å²) in [7, 11) is 1.63. The monoisotopic (exact) mass is 509 g/mol. The molecule has 2 amide bonds. The highest BCUT2D eigenvalue weighted by molar-refractivity contribution is 6.31. The third kappa shape index (κ3) is 6.37. The molecule has 2 heterocycles. The first-order valence-electron chi connectivity index (χ1n) is 11.4. The quantitative estimate of drug-likeness (QED) is 0.330.